The van der Waals surface area contributed by atoms with Gasteiger partial charge in [-0.3, -0.25) is 17.9 Å². The van der Waals surface area contributed by atoms with Gasteiger partial charge in [-0.25, -0.2) is 0 Å². The minimum Gasteiger partial charge on any atom is -0.636 e. The van der Waals surface area contributed by atoms with Crippen LogP contribution in [0.4, 0.5) is 0 Å². The second kappa shape index (κ2) is 19.2. The van der Waals surface area contributed by atoms with Crippen LogP contribution in [-0.2, 0) is 4.79 Å². The smallest absolute Gasteiger partial charge is 0.636 e. The molecule has 1 saturated heterocycles. The van der Waals surface area contributed by atoms with Crippen molar-refractivity contribution >= 4 is 5.91 Å². The summed E-state index contributed by atoms with van der Waals surface area (Å²) in [7, 11) is 0. The maximum atomic E-state index is 12.6. The molecule has 1 saturated carbocycles. The van der Waals surface area contributed by atoms with Gasteiger partial charge >= 0.3 is 233 Å². The van der Waals surface area contributed by atoms with Gasteiger partial charge in [-0.1, -0.05) is 33.6 Å². The molecule has 24 heavy (non-hydrogen) atoms. The topological polar surface area (TPSA) is 20.3 Å². The van der Waals surface area contributed by atoms with Gasteiger partial charge in [0.25, 0.3) is 0 Å². The average molecular weight is 619 g/mol. The van der Waals surface area contributed by atoms with Crippen LogP contribution >= 0.6 is 0 Å². The predicted molar refractivity (Wildman–Crippen MR) is 83.3 cm³/mol. The zero-order valence-corrected chi connectivity index (χ0v) is 37.3. The molecule has 0 spiro atoms. The quantitative estimate of drug-likeness (QED) is 0.288. The number of carbonyl (C=O) groups excluding carboxylic acids is 1. The molecule has 0 N–H and O–H groups in total. The molecule has 2 rings (SSSR count). The second-order valence-corrected chi connectivity index (χ2v) is 7.44. The van der Waals surface area contributed by atoms with Crippen molar-refractivity contribution < 1.29 is 238 Å². The number of rotatable bonds is 3. The monoisotopic (exact) mass is 617 g/mol. The molecule has 0 bridgehead atoms. The molecule has 0 radical (unpaired) electrons. The molecule has 1 amide bonds. The van der Waals surface area contributed by atoms with Crippen LogP contribution in [0.5, 0.6) is 0 Å². The summed E-state index contributed by atoms with van der Waals surface area (Å²) in [6, 6.07) is 0. The molecule has 0 aromatic rings. The number of carbonyl (C=O) groups is 1. The Labute approximate surface area is 346 Å². The van der Waals surface area contributed by atoms with Gasteiger partial charge in [-0.05, 0) is 43.4 Å². The minimum absolute atomic E-state index is 0. The molecular weight excluding hydrogens is 588 g/mol. The number of piperidine rings is 1. The van der Waals surface area contributed by atoms with Crippen molar-refractivity contribution in [2.24, 2.45) is 29.6 Å². The SMILES string of the molecule is CC(C)C1C[CH-]N(C(=O)C2CCC(C(C)C)CC2)[CH-]C1.[Rb+].[Rb+].[Rb+].[Rb+]. The third-order valence-electron chi connectivity index (χ3n) is 5.47. The first-order valence-corrected chi connectivity index (χ1v) is 8.47. The van der Waals surface area contributed by atoms with Gasteiger partial charge in [0.15, 0.2) is 5.91 Å². The van der Waals surface area contributed by atoms with Crippen molar-refractivity contribution in [1.82, 2.24) is 4.90 Å². The zero-order chi connectivity index (χ0) is 14.7. The molecule has 116 valence electrons. The van der Waals surface area contributed by atoms with Gasteiger partial charge < -0.3 is 4.90 Å². The van der Waals surface area contributed by atoms with Crippen LogP contribution in [0.25, 0.3) is 0 Å². The first kappa shape index (κ1) is 35.3. The van der Waals surface area contributed by atoms with Gasteiger partial charge in [0.05, 0.1) is 0 Å². The molecule has 1 heterocycles. The summed E-state index contributed by atoms with van der Waals surface area (Å²) in [5.74, 6) is 3.66. The van der Waals surface area contributed by atoms with Gasteiger partial charge in [-0.2, -0.15) is 12.8 Å². The van der Waals surface area contributed by atoms with Crippen LogP contribution in [0.1, 0.15) is 66.2 Å². The summed E-state index contributed by atoms with van der Waals surface area (Å²) in [6.45, 7) is 13.4. The Bertz CT molecular complexity index is 293. The van der Waals surface area contributed by atoms with E-state index < -0.39 is 0 Å². The number of likely N-dealkylation sites (tertiary alicyclic amines) is 1. The largest absolute Gasteiger partial charge is 1.00 e. The standard InChI is InChI=1S/C18H31NO.4Rb/c1-13(2)15-5-7-17(8-6-15)18(20)19-11-9-16(10-12-19)14(3)4;;;;/h11-17H,5-10H2,1-4H3;;;;/q-2;4*+1. The van der Waals surface area contributed by atoms with Crippen LogP contribution in [-0.4, -0.2) is 10.8 Å². The molecule has 1 aliphatic heterocycles. The summed E-state index contributed by atoms with van der Waals surface area (Å²) in [5, 5.41) is 0. The number of hydrogen-bond acceptors (Lipinski definition) is 1. The molecule has 0 atom stereocenters. The Kier molecular flexibility index (Phi) is 28.2. The summed E-state index contributed by atoms with van der Waals surface area (Å²) in [6.07, 6.45) is 6.76. The molecule has 0 aromatic heterocycles. The first-order valence-electron chi connectivity index (χ1n) is 8.47. The van der Waals surface area contributed by atoms with Crippen LogP contribution in [0, 0.1) is 42.7 Å². The molecule has 2 nitrogen and oxygen atoms in total. The van der Waals surface area contributed by atoms with E-state index in [1.165, 1.54) is 12.8 Å². The van der Waals surface area contributed by atoms with Gasteiger partial charge in [0, 0.05) is 5.92 Å². The predicted octanol–water partition coefficient (Wildman–Crippen LogP) is -7.32. The Morgan fingerprint density at radius 1 is 0.792 bits per heavy atom. The summed E-state index contributed by atoms with van der Waals surface area (Å²) >= 11 is 0. The van der Waals surface area contributed by atoms with Crippen LogP contribution in [0.3, 0.4) is 0 Å². The van der Waals surface area contributed by atoms with Crippen molar-refractivity contribution in [3.05, 3.63) is 13.1 Å². The molecule has 0 unspecified atom stereocenters. The Morgan fingerprint density at radius 2 is 1.21 bits per heavy atom. The van der Waals surface area contributed by atoms with Crippen molar-refractivity contribution in [2.75, 3.05) is 0 Å². The Morgan fingerprint density at radius 3 is 1.58 bits per heavy atom. The molecule has 1 aliphatic carbocycles. The third kappa shape index (κ3) is 12.1. The van der Waals surface area contributed by atoms with E-state index in [-0.39, 0.29) is 239 Å². The van der Waals surface area contributed by atoms with Gasteiger partial charge in [-0.15, -0.1) is 0 Å². The molecule has 0 aromatic carbocycles. The number of hydrogen-bond donors (Lipinski definition) is 0. The number of nitrogens with zero attached hydrogens (tertiary/aromatic N) is 1. The van der Waals surface area contributed by atoms with E-state index >= 15 is 0 Å². The minimum atomic E-state index is 0. The van der Waals surface area contributed by atoms with Crippen LogP contribution in [0.2, 0.25) is 0 Å². The van der Waals surface area contributed by atoms with Crippen molar-refractivity contribution in [3.63, 3.8) is 0 Å². The van der Waals surface area contributed by atoms with Crippen LogP contribution < -0.4 is 233 Å². The van der Waals surface area contributed by atoms with Crippen molar-refractivity contribution in [3.8, 4) is 0 Å². The van der Waals surface area contributed by atoms with E-state index in [0.29, 0.717) is 11.8 Å². The van der Waals surface area contributed by atoms with E-state index in [1.54, 1.807) is 0 Å². The van der Waals surface area contributed by atoms with E-state index in [9.17, 15) is 4.79 Å². The fraction of sp³-hybridized carbons (Fsp3) is 0.833. The maximum absolute atomic E-state index is 12.6. The maximum Gasteiger partial charge on any atom is 1.00 e. The van der Waals surface area contributed by atoms with Crippen molar-refractivity contribution in [2.45, 2.75) is 66.2 Å². The second-order valence-electron chi connectivity index (χ2n) is 7.44. The summed E-state index contributed by atoms with van der Waals surface area (Å²) in [5.41, 5.74) is 0. The van der Waals surface area contributed by atoms with E-state index in [1.807, 2.05) is 4.90 Å². The number of amides is 1. The van der Waals surface area contributed by atoms with Crippen molar-refractivity contribution in [1.29, 1.82) is 0 Å². The summed E-state index contributed by atoms with van der Waals surface area (Å²) < 4.78 is 0. The Balaban J connectivity index is -0.00000110. The van der Waals surface area contributed by atoms with E-state index in [0.717, 1.165) is 43.4 Å². The average Bonchev–Trinajstić information content (AvgIpc) is 2.46. The normalized spacial score (nSPS) is 24.3. The summed E-state index contributed by atoms with van der Waals surface area (Å²) in [4.78, 5) is 14.5. The van der Waals surface area contributed by atoms with E-state index in [2.05, 4.69) is 40.8 Å². The third-order valence-corrected chi connectivity index (χ3v) is 5.47. The molecular formula is C18H31NORb4+2. The molecule has 2 aliphatic rings. The fourth-order valence-electron chi connectivity index (χ4n) is 3.64. The van der Waals surface area contributed by atoms with E-state index in [4.69, 9.17) is 0 Å². The van der Waals surface area contributed by atoms with Gasteiger partial charge in [0.2, 0.25) is 0 Å². The molecule has 6 heteroatoms. The zero-order valence-electron chi connectivity index (χ0n) is 17.6. The molecule has 2 fully saturated rings. The first-order chi connectivity index (χ1) is 9.49. The van der Waals surface area contributed by atoms with Crippen LogP contribution in [0.15, 0.2) is 0 Å². The Hall–Kier alpha value is 6.69. The van der Waals surface area contributed by atoms with Gasteiger partial charge in [0.1, 0.15) is 0 Å². The fourth-order valence-corrected chi connectivity index (χ4v) is 3.64.